The van der Waals surface area contributed by atoms with Crippen LogP contribution in [0.2, 0.25) is 0 Å². The molecule has 0 atom stereocenters. The zero-order chi connectivity index (χ0) is 19.8. The van der Waals surface area contributed by atoms with Crippen molar-refractivity contribution < 1.29 is 24.6 Å². The molecule has 3 aromatic carbocycles. The molecule has 0 unspecified atom stereocenters. The molecule has 0 fully saturated rings. The first-order valence-electron chi connectivity index (χ1n) is 8.57. The standard InChI is InChI=1S/C22H15NO5/c24-20(19-11-13(21(25)26)5-7-18(19)22(27)28)23-15-6-8-17-14(10-15)9-12-3-1-2-4-16(12)17/h1-8,10-11H,9H2,(H,23,24)(H,25,26)(H,27,28). The van der Waals surface area contributed by atoms with Crippen LogP contribution < -0.4 is 5.32 Å². The Morgan fingerprint density at radius 2 is 1.50 bits per heavy atom. The number of anilines is 1. The predicted octanol–water partition coefficient (Wildman–Crippen LogP) is 3.91. The molecule has 6 nitrogen and oxygen atoms in total. The van der Waals surface area contributed by atoms with Gasteiger partial charge in [0.1, 0.15) is 0 Å². The summed E-state index contributed by atoms with van der Waals surface area (Å²) in [6.45, 7) is 0. The lowest BCUT2D eigenvalue weighted by Crippen LogP contribution is -2.17. The smallest absolute Gasteiger partial charge is 0.336 e. The van der Waals surface area contributed by atoms with Crippen LogP contribution in [0.1, 0.15) is 42.2 Å². The molecule has 3 aromatic rings. The molecule has 138 valence electrons. The van der Waals surface area contributed by atoms with Gasteiger partial charge in [-0.25, -0.2) is 9.59 Å². The van der Waals surface area contributed by atoms with Crippen molar-refractivity contribution in [1.29, 1.82) is 0 Å². The number of rotatable bonds is 4. The lowest BCUT2D eigenvalue weighted by atomic mass is 10.0. The van der Waals surface area contributed by atoms with E-state index in [0.717, 1.165) is 41.3 Å². The highest BCUT2D eigenvalue weighted by Crippen LogP contribution is 2.37. The maximum atomic E-state index is 12.7. The van der Waals surface area contributed by atoms with Crippen molar-refractivity contribution in [3.8, 4) is 11.1 Å². The Labute approximate surface area is 160 Å². The molecule has 0 radical (unpaired) electrons. The lowest BCUT2D eigenvalue weighted by molar-refractivity contribution is 0.0679. The number of carbonyl (C=O) groups is 3. The largest absolute Gasteiger partial charge is 0.478 e. The van der Waals surface area contributed by atoms with Crippen molar-refractivity contribution in [3.05, 3.63) is 88.5 Å². The number of hydrogen-bond acceptors (Lipinski definition) is 3. The van der Waals surface area contributed by atoms with Crippen molar-refractivity contribution in [2.75, 3.05) is 5.32 Å². The first-order valence-corrected chi connectivity index (χ1v) is 8.57. The Balaban J connectivity index is 1.65. The third-order valence-corrected chi connectivity index (χ3v) is 4.79. The van der Waals surface area contributed by atoms with E-state index in [1.54, 1.807) is 6.07 Å². The monoisotopic (exact) mass is 373 g/mol. The first-order chi connectivity index (χ1) is 13.4. The minimum atomic E-state index is -1.30. The topological polar surface area (TPSA) is 104 Å². The maximum Gasteiger partial charge on any atom is 0.336 e. The van der Waals surface area contributed by atoms with Gasteiger partial charge >= 0.3 is 11.9 Å². The Morgan fingerprint density at radius 3 is 2.25 bits per heavy atom. The fraction of sp³-hybridized carbons (Fsp3) is 0.0455. The molecule has 1 aliphatic rings. The van der Waals surface area contributed by atoms with Gasteiger partial charge in [-0.15, -0.1) is 0 Å². The summed E-state index contributed by atoms with van der Waals surface area (Å²) >= 11 is 0. The van der Waals surface area contributed by atoms with Crippen LogP contribution >= 0.6 is 0 Å². The van der Waals surface area contributed by atoms with E-state index < -0.39 is 17.8 Å². The van der Waals surface area contributed by atoms with Gasteiger partial charge in [0.2, 0.25) is 0 Å². The van der Waals surface area contributed by atoms with Crippen LogP contribution in [-0.4, -0.2) is 28.1 Å². The van der Waals surface area contributed by atoms with Gasteiger partial charge in [-0.2, -0.15) is 0 Å². The highest BCUT2D eigenvalue weighted by atomic mass is 16.4. The summed E-state index contributed by atoms with van der Waals surface area (Å²) in [6.07, 6.45) is 0.754. The molecule has 6 heteroatoms. The van der Waals surface area contributed by atoms with Crippen LogP contribution in [0.25, 0.3) is 11.1 Å². The second-order valence-electron chi connectivity index (χ2n) is 6.53. The van der Waals surface area contributed by atoms with Gasteiger partial charge in [0, 0.05) is 5.69 Å². The van der Waals surface area contributed by atoms with Crippen LogP contribution in [0.15, 0.2) is 60.7 Å². The number of aromatic carboxylic acids is 2. The van der Waals surface area contributed by atoms with Crippen LogP contribution in [0.5, 0.6) is 0 Å². The molecule has 1 amide bonds. The average Bonchev–Trinajstić information content (AvgIpc) is 3.05. The van der Waals surface area contributed by atoms with Gasteiger partial charge in [0.15, 0.2) is 0 Å². The minimum absolute atomic E-state index is 0.153. The number of amides is 1. The molecular formula is C22H15NO5. The van der Waals surface area contributed by atoms with Crippen molar-refractivity contribution >= 4 is 23.5 Å². The molecule has 0 aliphatic heterocycles. The molecule has 1 aliphatic carbocycles. The molecule has 0 bridgehead atoms. The fourth-order valence-electron chi connectivity index (χ4n) is 3.47. The summed E-state index contributed by atoms with van der Waals surface area (Å²) in [5.41, 5.74) is 4.46. The molecule has 0 heterocycles. The quantitative estimate of drug-likeness (QED) is 0.503. The van der Waals surface area contributed by atoms with Crippen LogP contribution in [0.3, 0.4) is 0 Å². The van der Waals surface area contributed by atoms with Crippen molar-refractivity contribution in [2.45, 2.75) is 6.42 Å². The first kappa shape index (κ1) is 17.5. The molecule has 0 saturated heterocycles. The minimum Gasteiger partial charge on any atom is -0.478 e. The zero-order valence-corrected chi connectivity index (χ0v) is 14.6. The predicted molar refractivity (Wildman–Crippen MR) is 103 cm³/mol. The lowest BCUT2D eigenvalue weighted by Gasteiger charge is -2.10. The molecular weight excluding hydrogens is 358 g/mol. The maximum absolute atomic E-state index is 12.7. The molecule has 0 saturated carbocycles. The van der Waals surface area contributed by atoms with Gasteiger partial charge < -0.3 is 15.5 Å². The summed E-state index contributed by atoms with van der Waals surface area (Å²) in [5.74, 6) is -3.20. The zero-order valence-electron chi connectivity index (χ0n) is 14.6. The average molecular weight is 373 g/mol. The van der Waals surface area contributed by atoms with E-state index in [0.29, 0.717) is 5.69 Å². The Kier molecular flexibility index (Phi) is 4.16. The van der Waals surface area contributed by atoms with E-state index in [1.807, 2.05) is 24.3 Å². The second kappa shape index (κ2) is 6.66. The molecule has 4 rings (SSSR count). The number of nitrogens with one attached hydrogen (secondary N) is 1. The summed E-state index contributed by atoms with van der Waals surface area (Å²) < 4.78 is 0. The van der Waals surface area contributed by atoms with Crippen LogP contribution in [0.4, 0.5) is 5.69 Å². The SMILES string of the molecule is O=C(O)c1ccc(C(=O)O)c(C(=O)Nc2ccc3c(c2)Cc2ccccc2-3)c1. The van der Waals surface area contributed by atoms with Crippen LogP contribution in [0, 0.1) is 0 Å². The number of fused-ring (bicyclic) bond motifs is 3. The van der Waals surface area contributed by atoms with E-state index in [1.165, 1.54) is 5.56 Å². The van der Waals surface area contributed by atoms with Crippen molar-refractivity contribution in [1.82, 2.24) is 0 Å². The van der Waals surface area contributed by atoms with Crippen molar-refractivity contribution in [3.63, 3.8) is 0 Å². The van der Waals surface area contributed by atoms with Crippen LogP contribution in [-0.2, 0) is 6.42 Å². The fourth-order valence-corrected chi connectivity index (χ4v) is 3.47. The number of benzene rings is 3. The summed E-state index contributed by atoms with van der Waals surface area (Å²) in [6, 6.07) is 17.0. The highest BCUT2D eigenvalue weighted by Gasteiger charge is 2.21. The van der Waals surface area contributed by atoms with Crippen molar-refractivity contribution in [2.24, 2.45) is 0 Å². The van der Waals surface area contributed by atoms with E-state index in [9.17, 15) is 19.5 Å². The molecule has 0 aromatic heterocycles. The number of hydrogen-bond donors (Lipinski definition) is 3. The number of carboxylic acids is 2. The van der Waals surface area contributed by atoms with Gasteiger partial charge in [0.25, 0.3) is 5.91 Å². The van der Waals surface area contributed by atoms with E-state index in [2.05, 4.69) is 17.4 Å². The second-order valence-corrected chi connectivity index (χ2v) is 6.53. The van der Waals surface area contributed by atoms with Gasteiger partial charge in [0.05, 0.1) is 16.7 Å². The summed E-state index contributed by atoms with van der Waals surface area (Å²) in [7, 11) is 0. The van der Waals surface area contributed by atoms with E-state index in [-0.39, 0.29) is 16.7 Å². The molecule has 3 N–H and O–H groups in total. The number of carboxylic acid groups (broad SMARTS) is 2. The Hall–Kier alpha value is -3.93. The van der Waals surface area contributed by atoms with E-state index in [4.69, 9.17) is 5.11 Å². The Bertz CT molecular complexity index is 1150. The van der Waals surface area contributed by atoms with E-state index >= 15 is 0 Å². The number of carbonyl (C=O) groups excluding carboxylic acids is 1. The van der Waals surface area contributed by atoms with Gasteiger partial charge in [-0.05, 0) is 59.0 Å². The third-order valence-electron chi connectivity index (χ3n) is 4.79. The summed E-state index contributed by atoms with van der Waals surface area (Å²) in [5, 5.41) is 21.1. The Morgan fingerprint density at radius 1 is 0.750 bits per heavy atom. The van der Waals surface area contributed by atoms with Gasteiger partial charge in [-0.1, -0.05) is 30.3 Å². The normalized spacial score (nSPS) is 11.4. The molecule has 28 heavy (non-hydrogen) atoms. The summed E-state index contributed by atoms with van der Waals surface area (Å²) in [4.78, 5) is 35.2. The van der Waals surface area contributed by atoms with Gasteiger partial charge in [-0.3, -0.25) is 4.79 Å². The highest BCUT2D eigenvalue weighted by molar-refractivity contribution is 6.12. The third kappa shape index (κ3) is 3.01. The molecule has 0 spiro atoms.